The normalized spacial score (nSPS) is 16.2. The summed E-state index contributed by atoms with van der Waals surface area (Å²) in [6.45, 7) is 0.927. The lowest BCUT2D eigenvalue weighted by molar-refractivity contribution is -0.121. The van der Waals surface area contributed by atoms with Crippen molar-refractivity contribution in [3.05, 3.63) is 34.9 Å². The molecule has 1 aromatic carbocycles. The lowest BCUT2D eigenvalue weighted by atomic mass is 10.2. The number of carbonyl (C=O) groups excluding carboxylic acids is 2. The van der Waals surface area contributed by atoms with Gasteiger partial charge in [0.1, 0.15) is 0 Å². The molecule has 0 spiro atoms. The van der Waals surface area contributed by atoms with Crippen LogP contribution in [0.2, 0.25) is 5.02 Å². The molecule has 0 aliphatic carbocycles. The van der Waals surface area contributed by atoms with Crippen molar-refractivity contribution >= 4 is 23.5 Å². The fraction of sp³-hybridized carbons (Fsp3) is 0.273. The van der Waals surface area contributed by atoms with Crippen LogP contribution in [0.4, 0.5) is 4.79 Å². The Labute approximate surface area is 98.2 Å². The number of hydrogen-bond donors (Lipinski definition) is 1. The predicted octanol–water partition coefficient (Wildman–Crippen LogP) is 1.78. The van der Waals surface area contributed by atoms with Gasteiger partial charge in [-0.15, -0.1) is 0 Å². The number of nitrogens with zero attached hydrogens (tertiary/aromatic N) is 1. The molecule has 1 fully saturated rings. The van der Waals surface area contributed by atoms with Gasteiger partial charge in [0, 0.05) is 24.5 Å². The Morgan fingerprint density at radius 3 is 2.88 bits per heavy atom. The molecule has 0 radical (unpaired) electrons. The summed E-state index contributed by atoms with van der Waals surface area (Å²) in [6, 6.07) is 6.99. The number of benzene rings is 1. The highest BCUT2D eigenvalue weighted by atomic mass is 35.5. The van der Waals surface area contributed by atoms with Crippen LogP contribution in [0.5, 0.6) is 0 Å². The van der Waals surface area contributed by atoms with Crippen molar-refractivity contribution < 1.29 is 9.59 Å². The molecule has 0 aromatic heterocycles. The van der Waals surface area contributed by atoms with Crippen LogP contribution in [0.1, 0.15) is 12.0 Å². The largest absolute Gasteiger partial charge is 0.324 e. The highest BCUT2D eigenvalue weighted by Gasteiger charge is 2.22. The number of nitrogens with one attached hydrogen (secondary N) is 1. The summed E-state index contributed by atoms with van der Waals surface area (Å²) >= 11 is 5.85. The minimum atomic E-state index is -0.337. The van der Waals surface area contributed by atoms with E-state index in [1.54, 1.807) is 11.0 Å². The second kappa shape index (κ2) is 4.53. The highest BCUT2D eigenvalue weighted by Crippen LogP contribution is 2.13. The van der Waals surface area contributed by atoms with Crippen LogP contribution in [0.3, 0.4) is 0 Å². The smallest absolute Gasteiger partial charge is 0.320 e. The van der Waals surface area contributed by atoms with Crippen molar-refractivity contribution in [2.45, 2.75) is 13.0 Å². The van der Waals surface area contributed by atoms with Crippen molar-refractivity contribution in [3.63, 3.8) is 0 Å². The number of amides is 3. The first-order valence-electron chi connectivity index (χ1n) is 4.98. The van der Waals surface area contributed by atoms with Crippen LogP contribution < -0.4 is 5.32 Å². The number of imide groups is 1. The fourth-order valence-electron chi connectivity index (χ4n) is 1.61. The molecule has 1 aliphatic rings. The maximum Gasteiger partial charge on any atom is 0.324 e. The Morgan fingerprint density at radius 1 is 1.38 bits per heavy atom. The first kappa shape index (κ1) is 11.0. The van der Waals surface area contributed by atoms with Gasteiger partial charge in [-0.3, -0.25) is 10.1 Å². The van der Waals surface area contributed by atoms with Crippen molar-refractivity contribution in [2.24, 2.45) is 0 Å². The topological polar surface area (TPSA) is 49.4 Å². The third-order valence-corrected chi connectivity index (χ3v) is 2.64. The third kappa shape index (κ3) is 2.52. The van der Waals surface area contributed by atoms with Crippen molar-refractivity contribution in [1.29, 1.82) is 0 Å². The third-order valence-electron chi connectivity index (χ3n) is 2.40. The Balaban J connectivity index is 2.05. The Kier molecular flexibility index (Phi) is 3.10. The van der Waals surface area contributed by atoms with Gasteiger partial charge < -0.3 is 4.90 Å². The van der Waals surface area contributed by atoms with Crippen molar-refractivity contribution in [1.82, 2.24) is 10.2 Å². The zero-order chi connectivity index (χ0) is 11.5. The van der Waals surface area contributed by atoms with E-state index in [9.17, 15) is 9.59 Å². The standard InChI is InChI=1S/C11H11ClN2O2/c12-9-3-1-2-8(6-9)7-14-5-4-10(15)13-11(14)16/h1-3,6H,4-5,7H2,(H,13,15,16). The number of rotatable bonds is 2. The molecule has 0 atom stereocenters. The summed E-state index contributed by atoms with van der Waals surface area (Å²) in [5.41, 5.74) is 0.956. The van der Waals surface area contributed by atoms with Crippen molar-refractivity contribution in [3.8, 4) is 0 Å². The second-order valence-corrected chi connectivity index (χ2v) is 4.09. The van der Waals surface area contributed by atoms with E-state index in [0.29, 0.717) is 24.5 Å². The minimum absolute atomic E-state index is 0.215. The van der Waals surface area contributed by atoms with E-state index in [0.717, 1.165) is 5.56 Å². The van der Waals surface area contributed by atoms with Crippen LogP contribution in [-0.2, 0) is 11.3 Å². The summed E-state index contributed by atoms with van der Waals surface area (Å²) in [4.78, 5) is 24.0. The van der Waals surface area contributed by atoms with E-state index in [4.69, 9.17) is 11.6 Å². The van der Waals surface area contributed by atoms with E-state index >= 15 is 0 Å². The molecule has 4 nitrogen and oxygen atoms in total. The van der Waals surface area contributed by atoms with Crippen LogP contribution in [0.15, 0.2) is 24.3 Å². The summed E-state index contributed by atoms with van der Waals surface area (Å²) in [5.74, 6) is -0.215. The van der Waals surface area contributed by atoms with E-state index < -0.39 is 0 Å². The Morgan fingerprint density at radius 2 is 2.19 bits per heavy atom. The van der Waals surface area contributed by atoms with E-state index in [1.807, 2.05) is 18.2 Å². The molecule has 1 aliphatic heterocycles. The van der Waals surface area contributed by atoms with E-state index in [1.165, 1.54) is 0 Å². The maximum absolute atomic E-state index is 11.5. The molecule has 1 saturated heterocycles. The van der Waals surface area contributed by atoms with Gasteiger partial charge in [-0.2, -0.15) is 0 Å². The molecule has 0 bridgehead atoms. The molecule has 1 aromatic rings. The molecule has 0 saturated carbocycles. The van der Waals surface area contributed by atoms with Gasteiger partial charge in [-0.05, 0) is 17.7 Å². The van der Waals surface area contributed by atoms with Gasteiger partial charge in [-0.25, -0.2) is 4.79 Å². The fourth-order valence-corrected chi connectivity index (χ4v) is 1.82. The Bertz CT molecular complexity index is 434. The zero-order valence-corrected chi connectivity index (χ0v) is 9.33. The zero-order valence-electron chi connectivity index (χ0n) is 8.57. The summed E-state index contributed by atoms with van der Waals surface area (Å²) in [7, 11) is 0. The van der Waals surface area contributed by atoms with E-state index in [2.05, 4.69) is 5.32 Å². The van der Waals surface area contributed by atoms with E-state index in [-0.39, 0.29) is 11.9 Å². The average molecular weight is 239 g/mol. The molecule has 84 valence electrons. The van der Waals surface area contributed by atoms with Crippen LogP contribution in [0, 0.1) is 0 Å². The molecule has 1 N–H and O–H groups in total. The lowest BCUT2D eigenvalue weighted by Gasteiger charge is -2.26. The highest BCUT2D eigenvalue weighted by molar-refractivity contribution is 6.30. The molecule has 16 heavy (non-hydrogen) atoms. The van der Waals surface area contributed by atoms with Crippen LogP contribution in [-0.4, -0.2) is 23.4 Å². The molecular weight excluding hydrogens is 228 g/mol. The first-order valence-corrected chi connectivity index (χ1v) is 5.36. The molecule has 3 amide bonds. The predicted molar refractivity (Wildman–Crippen MR) is 60.0 cm³/mol. The molecule has 2 rings (SSSR count). The maximum atomic E-state index is 11.5. The van der Waals surface area contributed by atoms with Gasteiger partial charge in [0.15, 0.2) is 0 Å². The number of urea groups is 1. The summed E-state index contributed by atoms with van der Waals surface area (Å²) in [6.07, 6.45) is 0.353. The molecule has 5 heteroatoms. The SMILES string of the molecule is O=C1CCN(Cc2cccc(Cl)c2)C(=O)N1. The minimum Gasteiger partial charge on any atom is -0.320 e. The second-order valence-electron chi connectivity index (χ2n) is 3.65. The van der Waals surface area contributed by atoms with Gasteiger partial charge in [-0.1, -0.05) is 23.7 Å². The summed E-state index contributed by atoms with van der Waals surface area (Å²) in [5, 5.41) is 2.92. The Hall–Kier alpha value is -1.55. The molecule has 1 heterocycles. The molecule has 0 unspecified atom stereocenters. The van der Waals surface area contributed by atoms with Gasteiger partial charge in [0.2, 0.25) is 5.91 Å². The average Bonchev–Trinajstić information content (AvgIpc) is 2.22. The van der Waals surface area contributed by atoms with Gasteiger partial charge in [0.05, 0.1) is 0 Å². The van der Waals surface area contributed by atoms with Gasteiger partial charge in [0.25, 0.3) is 0 Å². The monoisotopic (exact) mass is 238 g/mol. The van der Waals surface area contributed by atoms with Gasteiger partial charge >= 0.3 is 6.03 Å². The molecular formula is C11H11ClN2O2. The quantitative estimate of drug-likeness (QED) is 0.854. The number of halogens is 1. The lowest BCUT2D eigenvalue weighted by Crippen LogP contribution is -2.48. The number of hydrogen-bond acceptors (Lipinski definition) is 2. The number of carbonyl (C=O) groups is 2. The van der Waals surface area contributed by atoms with Crippen LogP contribution >= 0.6 is 11.6 Å². The van der Waals surface area contributed by atoms with Crippen molar-refractivity contribution in [2.75, 3.05) is 6.54 Å². The van der Waals surface area contributed by atoms with Crippen LogP contribution in [0.25, 0.3) is 0 Å². The first-order chi connectivity index (χ1) is 7.65. The summed E-state index contributed by atoms with van der Waals surface area (Å²) < 4.78 is 0.